The molecule has 0 aliphatic carbocycles. The minimum Gasteiger partial charge on any atom is -0.304 e. The molecule has 0 bridgehead atoms. The summed E-state index contributed by atoms with van der Waals surface area (Å²) >= 11 is 1.70. The van der Waals surface area contributed by atoms with Gasteiger partial charge in [-0.2, -0.15) is 16.4 Å². The van der Waals surface area contributed by atoms with Crippen LogP contribution in [-0.2, 0) is 6.54 Å². The third-order valence-electron chi connectivity index (χ3n) is 5.92. The maximum atomic E-state index is 13.6. The van der Waals surface area contributed by atoms with Crippen molar-refractivity contribution in [1.29, 1.82) is 0 Å². The molecule has 0 amide bonds. The Hall–Kier alpha value is -2.80. The predicted octanol–water partition coefficient (Wildman–Crippen LogP) is 5.15. The normalized spacial score (nSPS) is 15.4. The van der Waals surface area contributed by atoms with Crippen LogP contribution in [-0.4, -0.2) is 52.8 Å². The third-order valence-corrected chi connectivity index (χ3v) is 6.60. The number of nitrogens with zero attached hydrogens (tertiary/aromatic N) is 4. The van der Waals surface area contributed by atoms with Crippen molar-refractivity contribution in [1.82, 2.24) is 19.6 Å². The molecular weight excluding hydrogens is 407 g/mol. The van der Waals surface area contributed by atoms with Crippen LogP contribution in [0, 0.1) is 5.82 Å². The fraction of sp³-hybridized carbons (Fsp3) is 0.240. The summed E-state index contributed by atoms with van der Waals surface area (Å²) in [5.74, 6) is -0.226. The summed E-state index contributed by atoms with van der Waals surface area (Å²) in [6, 6.07) is 17.3. The molecule has 0 radical (unpaired) electrons. The van der Waals surface area contributed by atoms with Gasteiger partial charge in [-0.1, -0.05) is 12.1 Å². The second-order valence-electron chi connectivity index (χ2n) is 8.08. The van der Waals surface area contributed by atoms with Gasteiger partial charge < -0.3 is 4.90 Å². The van der Waals surface area contributed by atoms with Crippen LogP contribution in [0.15, 0.2) is 71.6 Å². The highest BCUT2D eigenvalue weighted by Crippen LogP contribution is 2.30. The van der Waals surface area contributed by atoms with E-state index in [9.17, 15) is 4.39 Å². The zero-order chi connectivity index (χ0) is 21.2. The summed E-state index contributed by atoms with van der Waals surface area (Å²) in [6.45, 7) is 5.07. The fourth-order valence-electron chi connectivity index (χ4n) is 4.08. The topological polar surface area (TPSA) is 24.3 Å². The first kappa shape index (κ1) is 20.1. The van der Waals surface area contributed by atoms with Crippen molar-refractivity contribution in [3.63, 3.8) is 0 Å². The molecule has 0 saturated carbocycles. The van der Waals surface area contributed by atoms with E-state index in [1.165, 1.54) is 23.3 Å². The Labute approximate surface area is 186 Å². The van der Waals surface area contributed by atoms with Crippen LogP contribution in [0.25, 0.3) is 28.1 Å². The first-order chi connectivity index (χ1) is 15.2. The highest BCUT2D eigenvalue weighted by Gasteiger charge is 2.20. The molecule has 31 heavy (non-hydrogen) atoms. The lowest BCUT2D eigenvalue weighted by Crippen LogP contribution is -2.43. The lowest BCUT2D eigenvalue weighted by atomic mass is 10.1. The van der Waals surface area contributed by atoms with Gasteiger partial charge in [0.2, 0.25) is 0 Å². The maximum absolute atomic E-state index is 13.6. The van der Waals surface area contributed by atoms with Gasteiger partial charge in [-0.25, -0.2) is 9.07 Å². The SMILES string of the molecule is CN1CCN(Cc2cnn(-c3ccc(-c4ccsc4)cc3)c2-c2ccc(F)cc2)CC1. The molecule has 1 aliphatic heterocycles. The number of hydrogen-bond donors (Lipinski definition) is 0. The Morgan fingerprint density at radius 1 is 0.871 bits per heavy atom. The van der Waals surface area contributed by atoms with Gasteiger partial charge in [-0.3, -0.25) is 4.90 Å². The number of aromatic nitrogens is 2. The Bertz CT molecular complexity index is 1130. The van der Waals surface area contributed by atoms with E-state index in [-0.39, 0.29) is 5.82 Å². The standard InChI is InChI=1S/C25H25FN4S/c1-28-11-13-29(14-12-28)17-22-16-27-30(25(22)20-2-6-23(26)7-3-20)24-8-4-19(5-9-24)21-10-15-31-18-21/h2-10,15-16,18H,11-14,17H2,1H3. The second kappa shape index (κ2) is 8.75. The summed E-state index contributed by atoms with van der Waals surface area (Å²) in [6.07, 6.45) is 1.96. The van der Waals surface area contributed by atoms with Gasteiger partial charge in [-0.15, -0.1) is 0 Å². The minimum atomic E-state index is -0.226. The predicted molar refractivity (Wildman–Crippen MR) is 125 cm³/mol. The van der Waals surface area contributed by atoms with Crippen LogP contribution in [0.5, 0.6) is 0 Å². The van der Waals surface area contributed by atoms with E-state index in [0.717, 1.165) is 55.2 Å². The summed E-state index contributed by atoms with van der Waals surface area (Å²) < 4.78 is 15.6. The number of thiophene rings is 1. The van der Waals surface area contributed by atoms with Gasteiger partial charge >= 0.3 is 0 Å². The second-order valence-corrected chi connectivity index (χ2v) is 8.86. The first-order valence-electron chi connectivity index (χ1n) is 10.5. The number of likely N-dealkylation sites (N-methyl/N-ethyl adjacent to an activating group) is 1. The molecule has 4 aromatic rings. The minimum absolute atomic E-state index is 0.226. The van der Waals surface area contributed by atoms with Gasteiger partial charge in [0.1, 0.15) is 5.82 Å². The molecule has 4 nitrogen and oxygen atoms in total. The molecule has 6 heteroatoms. The lowest BCUT2D eigenvalue weighted by molar-refractivity contribution is 0.148. The smallest absolute Gasteiger partial charge is 0.123 e. The van der Waals surface area contributed by atoms with Gasteiger partial charge in [0.25, 0.3) is 0 Å². The maximum Gasteiger partial charge on any atom is 0.123 e. The summed E-state index contributed by atoms with van der Waals surface area (Å²) in [5, 5.41) is 8.99. The van der Waals surface area contributed by atoms with E-state index in [1.807, 2.05) is 23.0 Å². The van der Waals surface area contributed by atoms with E-state index < -0.39 is 0 Å². The Morgan fingerprint density at radius 3 is 2.26 bits per heavy atom. The summed E-state index contributed by atoms with van der Waals surface area (Å²) in [5.41, 5.74) is 6.60. The molecule has 2 aromatic heterocycles. The highest BCUT2D eigenvalue weighted by molar-refractivity contribution is 7.08. The van der Waals surface area contributed by atoms with Crippen molar-refractivity contribution < 1.29 is 4.39 Å². The van der Waals surface area contributed by atoms with Crippen molar-refractivity contribution in [2.75, 3.05) is 33.2 Å². The lowest BCUT2D eigenvalue weighted by Gasteiger charge is -2.32. The van der Waals surface area contributed by atoms with Crippen LogP contribution in [0.3, 0.4) is 0 Å². The molecule has 0 spiro atoms. The molecule has 0 unspecified atom stereocenters. The largest absolute Gasteiger partial charge is 0.304 e. The van der Waals surface area contributed by atoms with Crippen molar-refractivity contribution in [2.45, 2.75) is 6.54 Å². The highest BCUT2D eigenvalue weighted by atomic mass is 32.1. The average molecular weight is 433 g/mol. The average Bonchev–Trinajstić information content (AvgIpc) is 3.47. The molecule has 1 aliphatic rings. The molecule has 158 valence electrons. The summed E-state index contributed by atoms with van der Waals surface area (Å²) in [7, 11) is 2.17. The van der Waals surface area contributed by atoms with Crippen molar-refractivity contribution in [2.24, 2.45) is 0 Å². The monoisotopic (exact) mass is 432 g/mol. The van der Waals surface area contributed by atoms with Gasteiger partial charge in [0.15, 0.2) is 0 Å². The molecule has 2 aromatic carbocycles. The molecule has 1 saturated heterocycles. The Morgan fingerprint density at radius 2 is 1.58 bits per heavy atom. The van der Waals surface area contributed by atoms with Crippen LogP contribution in [0.2, 0.25) is 0 Å². The Balaban J connectivity index is 1.51. The zero-order valence-corrected chi connectivity index (χ0v) is 18.4. The van der Waals surface area contributed by atoms with Crippen molar-refractivity contribution in [3.05, 3.63) is 82.9 Å². The van der Waals surface area contributed by atoms with Crippen molar-refractivity contribution in [3.8, 4) is 28.1 Å². The number of halogens is 1. The van der Waals surface area contributed by atoms with Crippen LogP contribution >= 0.6 is 11.3 Å². The van der Waals surface area contributed by atoms with E-state index in [4.69, 9.17) is 5.10 Å². The number of rotatable bonds is 5. The molecular formula is C25H25FN4S. The first-order valence-corrected chi connectivity index (χ1v) is 11.5. The van der Waals surface area contributed by atoms with E-state index in [2.05, 4.69) is 57.9 Å². The molecule has 1 fully saturated rings. The number of benzene rings is 2. The van der Waals surface area contributed by atoms with Crippen LogP contribution in [0.1, 0.15) is 5.56 Å². The molecule has 0 N–H and O–H groups in total. The van der Waals surface area contributed by atoms with Gasteiger partial charge in [-0.05, 0) is 71.4 Å². The molecule has 0 atom stereocenters. The quantitative estimate of drug-likeness (QED) is 0.436. The van der Waals surface area contributed by atoms with Crippen molar-refractivity contribution >= 4 is 11.3 Å². The van der Waals surface area contributed by atoms with Crippen LogP contribution in [0.4, 0.5) is 4.39 Å². The fourth-order valence-corrected chi connectivity index (χ4v) is 4.74. The van der Waals surface area contributed by atoms with E-state index >= 15 is 0 Å². The molecule has 3 heterocycles. The van der Waals surface area contributed by atoms with Gasteiger partial charge in [0.05, 0.1) is 17.6 Å². The zero-order valence-electron chi connectivity index (χ0n) is 17.5. The number of piperazine rings is 1. The van der Waals surface area contributed by atoms with Crippen LogP contribution < -0.4 is 0 Å². The Kier molecular flexibility index (Phi) is 5.68. The third kappa shape index (κ3) is 4.32. The van der Waals surface area contributed by atoms with E-state index in [0.29, 0.717) is 0 Å². The van der Waals surface area contributed by atoms with Gasteiger partial charge in [0, 0.05) is 43.9 Å². The summed E-state index contributed by atoms with van der Waals surface area (Å²) in [4.78, 5) is 4.82. The number of hydrogen-bond acceptors (Lipinski definition) is 4. The molecule has 5 rings (SSSR count). The van der Waals surface area contributed by atoms with E-state index in [1.54, 1.807) is 11.3 Å².